The lowest BCUT2D eigenvalue weighted by atomic mass is 9.96. The molecular formula is C19H29N3O2S. The van der Waals surface area contributed by atoms with Gasteiger partial charge >= 0.3 is 0 Å². The van der Waals surface area contributed by atoms with Crippen LogP contribution in [-0.2, 0) is 4.79 Å². The molecule has 1 aromatic heterocycles. The van der Waals surface area contributed by atoms with E-state index in [4.69, 9.17) is 0 Å². The summed E-state index contributed by atoms with van der Waals surface area (Å²) in [5, 5.41) is 6.92. The van der Waals surface area contributed by atoms with Crippen molar-refractivity contribution in [1.29, 1.82) is 0 Å². The molecule has 0 aliphatic carbocycles. The average molecular weight is 364 g/mol. The number of hydrogen-bond donors (Lipinski definition) is 2. The third kappa shape index (κ3) is 4.06. The Bertz CT molecular complexity index is 662. The minimum atomic E-state index is -0.450. The van der Waals surface area contributed by atoms with Crippen molar-refractivity contribution in [3.8, 4) is 0 Å². The van der Waals surface area contributed by atoms with Gasteiger partial charge in [-0.15, -0.1) is 11.3 Å². The minimum absolute atomic E-state index is 0.00354. The number of rotatable bonds is 3. The summed E-state index contributed by atoms with van der Waals surface area (Å²) in [4.78, 5) is 28.1. The summed E-state index contributed by atoms with van der Waals surface area (Å²) < 4.78 is 0. The molecule has 2 amide bonds. The van der Waals surface area contributed by atoms with Crippen molar-refractivity contribution in [3.63, 3.8) is 0 Å². The number of fused-ring (bicyclic) bond motifs is 1. The SMILES string of the molecule is Cc1cc(NC(=O)C(C)(C)C)sc1C(=O)N[C@H]1CCN2CCCC[C@H]12. The van der Waals surface area contributed by atoms with Crippen LogP contribution in [0.1, 0.15) is 61.7 Å². The molecule has 2 aliphatic rings. The lowest BCUT2D eigenvalue weighted by Crippen LogP contribution is -2.46. The topological polar surface area (TPSA) is 61.4 Å². The Hall–Kier alpha value is -1.40. The largest absolute Gasteiger partial charge is 0.347 e. The quantitative estimate of drug-likeness (QED) is 0.865. The Morgan fingerprint density at radius 2 is 1.96 bits per heavy atom. The van der Waals surface area contributed by atoms with Crippen LogP contribution < -0.4 is 10.6 Å². The third-order valence-electron chi connectivity index (χ3n) is 5.21. The number of carbonyl (C=O) groups is 2. The fourth-order valence-electron chi connectivity index (χ4n) is 3.72. The number of nitrogens with zero attached hydrogens (tertiary/aromatic N) is 1. The summed E-state index contributed by atoms with van der Waals surface area (Å²) in [6.07, 6.45) is 4.75. The number of amides is 2. The van der Waals surface area contributed by atoms with Crippen molar-refractivity contribution in [1.82, 2.24) is 10.2 Å². The predicted octanol–water partition coefficient (Wildman–Crippen LogP) is 3.40. The van der Waals surface area contributed by atoms with E-state index in [1.54, 1.807) is 0 Å². The van der Waals surface area contributed by atoms with Gasteiger partial charge in [0, 0.05) is 24.0 Å². The number of anilines is 1. The standard InChI is InChI=1S/C19H29N3O2S/c1-12-11-15(21-18(24)19(2,3)4)25-16(12)17(23)20-13-8-10-22-9-6-5-7-14(13)22/h11,13-14H,5-10H2,1-4H3,(H,20,23)(H,21,24)/t13-,14+/m0/s1. The second-order valence-corrected chi connectivity index (χ2v) is 9.35. The van der Waals surface area contributed by atoms with Gasteiger partial charge in [0.25, 0.3) is 5.91 Å². The summed E-state index contributed by atoms with van der Waals surface area (Å²) in [6, 6.07) is 2.64. The zero-order valence-electron chi connectivity index (χ0n) is 15.6. The molecule has 2 aliphatic heterocycles. The third-order valence-corrected chi connectivity index (χ3v) is 6.37. The molecule has 0 aromatic carbocycles. The summed E-state index contributed by atoms with van der Waals surface area (Å²) in [5.41, 5.74) is 0.472. The number of piperidine rings is 1. The van der Waals surface area contributed by atoms with Gasteiger partial charge in [-0.05, 0) is 44.4 Å². The Labute approximate surface area is 154 Å². The molecule has 0 saturated carbocycles. The van der Waals surface area contributed by atoms with Crippen molar-refractivity contribution >= 4 is 28.2 Å². The van der Waals surface area contributed by atoms with E-state index in [1.807, 2.05) is 33.8 Å². The van der Waals surface area contributed by atoms with E-state index in [0.29, 0.717) is 10.9 Å². The highest BCUT2D eigenvalue weighted by molar-refractivity contribution is 7.18. The van der Waals surface area contributed by atoms with Gasteiger partial charge < -0.3 is 10.6 Å². The van der Waals surface area contributed by atoms with Crippen LogP contribution in [0.3, 0.4) is 0 Å². The van der Waals surface area contributed by atoms with Gasteiger partial charge in [-0.2, -0.15) is 0 Å². The first-order valence-corrected chi connectivity index (χ1v) is 10.0. The first-order valence-electron chi connectivity index (χ1n) is 9.22. The van der Waals surface area contributed by atoms with Crippen molar-refractivity contribution in [3.05, 3.63) is 16.5 Å². The molecule has 2 atom stereocenters. The lowest BCUT2D eigenvalue weighted by molar-refractivity contribution is -0.123. The number of aryl methyl sites for hydroxylation is 1. The minimum Gasteiger partial charge on any atom is -0.347 e. The monoisotopic (exact) mass is 363 g/mol. The zero-order chi connectivity index (χ0) is 18.2. The van der Waals surface area contributed by atoms with Crippen LogP contribution in [0.15, 0.2) is 6.07 Å². The van der Waals surface area contributed by atoms with Crippen molar-refractivity contribution in [2.45, 2.75) is 65.5 Å². The predicted molar refractivity (Wildman–Crippen MR) is 102 cm³/mol. The maximum atomic E-state index is 12.8. The molecule has 2 fully saturated rings. The van der Waals surface area contributed by atoms with Crippen molar-refractivity contribution in [2.75, 3.05) is 18.4 Å². The van der Waals surface area contributed by atoms with E-state index in [1.165, 1.54) is 30.6 Å². The fourth-order valence-corrected chi connectivity index (χ4v) is 4.69. The van der Waals surface area contributed by atoms with Crippen molar-refractivity contribution in [2.24, 2.45) is 5.41 Å². The first kappa shape index (κ1) is 18.4. The van der Waals surface area contributed by atoms with Gasteiger partial charge in [0.05, 0.1) is 9.88 Å². The Morgan fingerprint density at radius 1 is 1.20 bits per heavy atom. The number of nitrogens with one attached hydrogen (secondary N) is 2. The molecule has 0 unspecified atom stereocenters. The Kier molecular flexibility index (Phi) is 5.21. The smallest absolute Gasteiger partial charge is 0.261 e. The van der Waals surface area contributed by atoms with Crippen molar-refractivity contribution < 1.29 is 9.59 Å². The maximum absolute atomic E-state index is 12.8. The molecule has 1 aromatic rings. The van der Waals surface area contributed by atoms with Crippen LogP contribution in [0.5, 0.6) is 0 Å². The molecule has 6 heteroatoms. The molecule has 25 heavy (non-hydrogen) atoms. The molecule has 5 nitrogen and oxygen atoms in total. The van der Waals surface area contributed by atoms with Crippen LogP contribution in [0.2, 0.25) is 0 Å². The number of thiophene rings is 1. The molecule has 138 valence electrons. The number of carbonyl (C=O) groups excluding carboxylic acids is 2. The highest BCUT2D eigenvalue weighted by atomic mass is 32.1. The van der Waals surface area contributed by atoms with Crippen LogP contribution in [-0.4, -0.2) is 41.9 Å². The van der Waals surface area contributed by atoms with Crippen LogP contribution >= 0.6 is 11.3 Å². The van der Waals surface area contributed by atoms with Gasteiger partial charge in [0.2, 0.25) is 5.91 Å². The molecule has 2 N–H and O–H groups in total. The van der Waals surface area contributed by atoms with Crippen LogP contribution in [0, 0.1) is 12.3 Å². The summed E-state index contributed by atoms with van der Waals surface area (Å²) in [6.45, 7) is 9.83. The lowest BCUT2D eigenvalue weighted by Gasteiger charge is -2.32. The second kappa shape index (κ2) is 7.08. The summed E-state index contributed by atoms with van der Waals surface area (Å²) in [7, 11) is 0. The van der Waals surface area contributed by atoms with E-state index in [-0.39, 0.29) is 17.9 Å². The van der Waals surface area contributed by atoms with E-state index in [0.717, 1.165) is 30.1 Å². The summed E-state index contributed by atoms with van der Waals surface area (Å²) >= 11 is 1.37. The van der Waals surface area contributed by atoms with Crippen LogP contribution in [0.25, 0.3) is 0 Å². The molecule has 0 spiro atoms. The summed E-state index contributed by atoms with van der Waals surface area (Å²) in [5.74, 6) is -0.0365. The first-order chi connectivity index (χ1) is 11.8. The molecule has 2 saturated heterocycles. The van der Waals surface area contributed by atoms with Gasteiger partial charge in [-0.3, -0.25) is 14.5 Å². The molecule has 3 rings (SSSR count). The van der Waals surface area contributed by atoms with E-state index in [9.17, 15) is 9.59 Å². The zero-order valence-corrected chi connectivity index (χ0v) is 16.5. The Balaban J connectivity index is 1.65. The van der Waals surface area contributed by atoms with E-state index < -0.39 is 5.41 Å². The number of hydrogen-bond acceptors (Lipinski definition) is 4. The average Bonchev–Trinajstić information content (AvgIpc) is 3.10. The molecule has 3 heterocycles. The van der Waals surface area contributed by atoms with Gasteiger partial charge in [0.1, 0.15) is 0 Å². The van der Waals surface area contributed by atoms with Crippen LogP contribution in [0.4, 0.5) is 5.00 Å². The second-order valence-electron chi connectivity index (χ2n) is 8.29. The van der Waals surface area contributed by atoms with E-state index >= 15 is 0 Å². The maximum Gasteiger partial charge on any atom is 0.261 e. The molecule has 0 radical (unpaired) electrons. The Morgan fingerprint density at radius 3 is 2.68 bits per heavy atom. The normalized spacial score (nSPS) is 24.0. The van der Waals surface area contributed by atoms with Gasteiger partial charge in [0.15, 0.2) is 0 Å². The highest BCUT2D eigenvalue weighted by Gasteiger charge is 2.36. The molecule has 0 bridgehead atoms. The van der Waals surface area contributed by atoms with Gasteiger partial charge in [-0.25, -0.2) is 0 Å². The highest BCUT2D eigenvalue weighted by Crippen LogP contribution is 2.30. The fraction of sp³-hybridized carbons (Fsp3) is 0.684. The molecular weight excluding hydrogens is 334 g/mol. The van der Waals surface area contributed by atoms with Gasteiger partial charge in [-0.1, -0.05) is 27.2 Å². The van der Waals surface area contributed by atoms with E-state index in [2.05, 4.69) is 15.5 Å².